The van der Waals surface area contributed by atoms with Crippen LogP contribution in [0.1, 0.15) is 5.56 Å². The van der Waals surface area contributed by atoms with Crippen LogP contribution in [0.3, 0.4) is 0 Å². The Kier molecular flexibility index (Phi) is 3.88. The number of ether oxygens (including phenoxy) is 2. The number of benzene rings is 1. The van der Waals surface area contributed by atoms with Crippen molar-refractivity contribution in [3.63, 3.8) is 0 Å². The Labute approximate surface area is 118 Å². The van der Waals surface area contributed by atoms with E-state index in [0.29, 0.717) is 0 Å². The smallest absolute Gasteiger partial charge is 0.416 e. The Hall–Kier alpha value is -2.51. The van der Waals surface area contributed by atoms with Crippen molar-refractivity contribution in [3.05, 3.63) is 30.0 Å². The third kappa shape index (κ3) is 2.99. The lowest BCUT2D eigenvalue weighted by Crippen LogP contribution is -2.05. The van der Waals surface area contributed by atoms with Crippen molar-refractivity contribution in [1.29, 1.82) is 0 Å². The average molecular weight is 300 g/mol. The number of phenols is 1. The number of methoxy groups -OCH3 is 2. The first-order valence-electron chi connectivity index (χ1n) is 5.72. The van der Waals surface area contributed by atoms with Gasteiger partial charge in [-0.2, -0.15) is 18.2 Å². The molecule has 2 rings (SSSR count). The maximum absolute atomic E-state index is 12.8. The van der Waals surface area contributed by atoms with Crippen LogP contribution in [0.15, 0.2) is 24.4 Å². The van der Waals surface area contributed by atoms with Crippen LogP contribution in [-0.4, -0.2) is 29.3 Å². The number of nitrogens with zero attached hydrogens (tertiary/aromatic N) is 2. The van der Waals surface area contributed by atoms with E-state index in [0.717, 1.165) is 18.2 Å². The maximum atomic E-state index is 12.8. The summed E-state index contributed by atoms with van der Waals surface area (Å²) in [5.41, 5.74) is -0.848. The third-order valence-electron chi connectivity index (χ3n) is 2.72. The Morgan fingerprint density at radius 1 is 1.10 bits per heavy atom. The van der Waals surface area contributed by atoms with Gasteiger partial charge in [-0.05, 0) is 18.2 Å². The summed E-state index contributed by atoms with van der Waals surface area (Å²) in [6, 6.07) is 2.56. The van der Waals surface area contributed by atoms with Gasteiger partial charge in [-0.15, -0.1) is 0 Å². The molecule has 0 radical (unpaired) electrons. The highest BCUT2D eigenvalue weighted by Gasteiger charge is 2.31. The van der Waals surface area contributed by atoms with Crippen LogP contribution in [0.25, 0.3) is 11.1 Å². The highest BCUT2D eigenvalue weighted by atomic mass is 19.4. The van der Waals surface area contributed by atoms with Gasteiger partial charge in [0.2, 0.25) is 5.88 Å². The number of halogens is 3. The zero-order valence-electron chi connectivity index (χ0n) is 11.1. The van der Waals surface area contributed by atoms with Crippen molar-refractivity contribution in [2.24, 2.45) is 0 Å². The van der Waals surface area contributed by atoms with Gasteiger partial charge in [0.15, 0.2) is 0 Å². The van der Waals surface area contributed by atoms with E-state index in [4.69, 9.17) is 9.47 Å². The van der Waals surface area contributed by atoms with Crippen molar-refractivity contribution in [1.82, 2.24) is 9.97 Å². The molecule has 112 valence electrons. The van der Waals surface area contributed by atoms with Crippen molar-refractivity contribution in [2.75, 3.05) is 14.2 Å². The minimum Gasteiger partial charge on any atom is -0.507 e. The number of alkyl halides is 3. The zero-order valence-corrected chi connectivity index (χ0v) is 11.1. The molecule has 0 saturated carbocycles. The number of hydrogen-bond acceptors (Lipinski definition) is 5. The Bertz CT molecular complexity index is 660. The quantitative estimate of drug-likeness (QED) is 0.944. The minimum absolute atomic E-state index is 0.00191. The molecule has 5 nitrogen and oxygen atoms in total. The van der Waals surface area contributed by atoms with E-state index in [-0.39, 0.29) is 28.8 Å². The highest BCUT2D eigenvalue weighted by Crippen LogP contribution is 2.39. The third-order valence-corrected chi connectivity index (χ3v) is 2.72. The molecular weight excluding hydrogens is 289 g/mol. The molecule has 0 spiro atoms. The summed E-state index contributed by atoms with van der Waals surface area (Å²) in [6.45, 7) is 0. The van der Waals surface area contributed by atoms with Gasteiger partial charge in [-0.1, -0.05) is 0 Å². The number of hydrogen-bond donors (Lipinski definition) is 1. The Morgan fingerprint density at radius 2 is 1.81 bits per heavy atom. The van der Waals surface area contributed by atoms with E-state index in [2.05, 4.69) is 9.97 Å². The van der Waals surface area contributed by atoms with Crippen LogP contribution in [-0.2, 0) is 6.18 Å². The molecule has 0 saturated heterocycles. The van der Waals surface area contributed by atoms with Crippen LogP contribution in [0, 0.1) is 0 Å². The number of aromatic nitrogens is 2. The maximum Gasteiger partial charge on any atom is 0.416 e. The van der Waals surface area contributed by atoms with E-state index in [1.54, 1.807) is 0 Å². The molecular formula is C13H11F3N2O3. The molecule has 0 aliphatic rings. The fraction of sp³-hybridized carbons (Fsp3) is 0.231. The SMILES string of the molecule is COc1ncc(-c2cc(C(F)(F)F)ccc2O)c(OC)n1. The molecule has 1 heterocycles. The second-order valence-corrected chi connectivity index (χ2v) is 4.01. The summed E-state index contributed by atoms with van der Waals surface area (Å²) >= 11 is 0. The van der Waals surface area contributed by atoms with Crippen LogP contribution in [0.4, 0.5) is 13.2 Å². The fourth-order valence-electron chi connectivity index (χ4n) is 1.72. The van der Waals surface area contributed by atoms with Gasteiger partial charge in [0.1, 0.15) is 5.75 Å². The van der Waals surface area contributed by atoms with Gasteiger partial charge in [0.05, 0.1) is 25.3 Å². The summed E-state index contributed by atoms with van der Waals surface area (Å²) in [4.78, 5) is 7.68. The van der Waals surface area contributed by atoms with Crippen LogP contribution < -0.4 is 9.47 Å². The molecule has 1 aromatic heterocycles. The molecule has 0 bridgehead atoms. The lowest BCUT2D eigenvalue weighted by molar-refractivity contribution is -0.137. The van der Waals surface area contributed by atoms with Gasteiger partial charge < -0.3 is 14.6 Å². The molecule has 1 aromatic carbocycles. The van der Waals surface area contributed by atoms with E-state index >= 15 is 0 Å². The molecule has 0 amide bonds. The van der Waals surface area contributed by atoms with Gasteiger partial charge in [-0.3, -0.25) is 0 Å². The van der Waals surface area contributed by atoms with Crippen molar-refractivity contribution >= 4 is 0 Å². The number of rotatable bonds is 3. The van der Waals surface area contributed by atoms with E-state index in [9.17, 15) is 18.3 Å². The molecule has 8 heteroatoms. The van der Waals surface area contributed by atoms with Gasteiger partial charge >= 0.3 is 12.2 Å². The molecule has 0 unspecified atom stereocenters. The van der Waals surface area contributed by atoms with Gasteiger partial charge in [0.25, 0.3) is 0 Å². The fourth-order valence-corrected chi connectivity index (χ4v) is 1.72. The van der Waals surface area contributed by atoms with Crippen LogP contribution >= 0.6 is 0 Å². The average Bonchev–Trinajstić information content (AvgIpc) is 2.46. The largest absolute Gasteiger partial charge is 0.507 e. The normalized spacial score (nSPS) is 11.3. The monoisotopic (exact) mass is 300 g/mol. The molecule has 0 atom stereocenters. The molecule has 2 aromatic rings. The van der Waals surface area contributed by atoms with Crippen molar-refractivity contribution in [2.45, 2.75) is 6.18 Å². The summed E-state index contributed by atoms with van der Waals surface area (Å²) in [6.07, 6.45) is -3.30. The van der Waals surface area contributed by atoms with E-state index < -0.39 is 11.7 Å². The number of phenolic OH excluding ortho intramolecular Hbond substituents is 1. The summed E-state index contributed by atoms with van der Waals surface area (Å²) < 4.78 is 48.1. The van der Waals surface area contributed by atoms with Gasteiger partial charge in [0, 0.05) is 11.8 Å². The van der Waals surface area contributed by atoms with Crippen LogP contribution in [0.2, 0.25) is 0 Å². The number of aromatic hydroxyl groups is 1. The zero-order chi connectivity index (χ0) is 15.6. The topological polar surface area (TPSA) is 64.5 Å². The first-order valence-corrected chi connectivity index (χ1v) is 5.72. The first-order chi connectivity index (χ1) is 9.86. The highest BCUT2D eigenvalue weighted by molar-refractivity contribution is 5.74. The molecule has 0 aliphatic heterocycles. The Balaban J connectivity index is 2.61. The van der Waals surface area contributed by atoms with Crippen molar-refractivity contribution < 1.29 is 27.8 Å². The van der Waals surface area contributed by atoms with Gasteiger partial charge in [-0.25, -0.2) is 4.98 Å². The van der Waals surface area contributed by atoms with Crippen molar-refractivity contribution in [3.8, 4) is 28.8 Å². The lowest BCUT2D eigenvalue weighted by Gasteiger charge is -2.12. The standard InChI is InChI=1S/C13H11F3N2O3/c1-20-11-9(6-17-12(18-11)21-2)8-5-7(13(14,15)16)3-4-10(8)19/h3-6,19H,1-2H3. The Morgan fingerprint density at radius 3 is 2.38 bits per heavy atom. The van der Waals surface area contributed by atoms with E-state index in [1.807, 2.05) is 0 Å². The second-order valence-electron chi connectivity index (χ2n) is 4.01. The molecule has 1 N–H and O–H groups in total. The summed E-state index contributed by atoms with van der Waals surface area (Å²) in [5.74, 6) is -0.341. The predicted octanol–water partition coefficient (Wildman–Crippen LogP) is 2.89. The first kappa shape index (κ1) is 14.9. The molecule has 0 aliphatic carbocycles. The lowest BCUT2D eigenvalue weighted by atomic mass is 10.0. The predicted molar refractivity (Wildman–Crippen MR) is 67.2 cm³/mol. The second kappa shape index (κ2) is 5.47. The summed E-state index contributed by atoms with van der Waals surface area (Å²) in [5, 5.41) is 9.79. The molecule has 21 heavy (non-hydrogen) atoms. The minimum atomic E-state index is -4.52. The van der Waals surface area contributed by atoms with Crippen LogP contribution in [0.5, 0.6) is 17.6 Å². The summed E-state index contributed by atoms with van der Waals surface area (Å²) in [7, 11) is 2.64. The van der Waals surface area contributed by atoms with E-state index in [1.165, 1.54) is 20.4 Å². The molecule has 0 fully saturated rings.